The molecule has 3 aliphatic rings. The van der Waals surface area contributed by atoms with E-state index in [0.29, 0.717) is 12.0 Å². The molecule has 2 aliphatic carbocycles. The van der Waals surface area contributed by atoms with E-state index >= 15 is 0 Å². The molecule has 1 heterocycles. The van der Waals surface area contributed by atoms with Crippen molar-refractivity contribution in [3.05, 3.63) is 0 Å². The van der Waals surface area contributed by atoms with Gasteiger partial charge in [-0.2, -0.15) is 5.10 Å². The normalized spacial score (nSPS) is 39.4. The fourth-order valence-corrected chi connectivity index (χ4v) is 4.45. The van der Waals surface area contributed by atoms with Crippen molar-refractivity contribution in [2.75, 3.05) is 0 Å². The molecule has 5 heteroatoms. The van der Waals surface area contributed by atoms with E-state index in [2.05, 4.69) is 35.2 Å². The minimum Gasteiger partial charge on any atom is -0.271 e. The Morgan fingerprint density at radius 2 is 1.82 bits per heavy atom. The number of hydrogen-bond donors (Lipinski definition) is 3. The third-order valence-electron chi connectivity index (χ3n) is 5.88. The monoisotopic (exact) mass is 306 g/mol. The van der Waals surface area contributed by atoms with Gasteiger partial charge in [-0.1, -0.05) is 25.7 Å². The lowest BCUT2D eigenvalue weighted by molar-refractivity contribution is -0.122. The van der Waals surface area contributed by atoms with Crippen LogP contribution in [0.3, 0.4) is 0 Å². The summed E-state index contributed by atoms with van der Waals surface area (Å²) in [7, 11) is 0. The summed E-state index contributed by atoms with van der Waals surface area (Å²) in [4.78, 5) is 12.1. The largest absolute Gasteiger partial charge is 0.271 e. The Hall–Kier alpha value is -0.940. The lowest BCUT2D eigenvalue weighted by Gasteiger charge is -2.39. The number of hydrazine groups is 1. The summed E-state index contributed by atoms with van der Waals surface area (Å²) < 4.78 is 0. The van der Waals surface area contributed by atoms with Gasteiger partial charge in [0.15, 0.2) is 0 Å². The average Bonchev–Trinajstić information content (AvgIpc) is 2.98. The molecule has 22 heavy (non-hydrogen) atoms. The van der Waals surface area contributed by atoms with E-state index in [1.807, 2.05) is 0 Å². The van der Waals surface area contributed by atoms with Crippen molar-refractivity contribution in [2.45, 2.75) is 77.3 Å². The van der Waals surface area contributed by atoms with Crippen LogP contribution in [0.1, 0.15) is 65.2 Å². The lowest BCUT2D eigenvalue weighted by atomic mass is 9.67. The lowest BCUT2D eigenvalue weighted by Crippen LogP contribution is -2.42. The Morgan fingerprint density at radius 3 is 2.55 bits per heavy atom. The van der Waals surface area contributed by atoms with E-state index in [9.17, 15) is 4.79 Å². The van der Waals surface area contributed by atoms with Crippen molar-refractivity contribution in [1.29, 1.82) is 0 Å². The molecule has 0 aromatic heterocycles. The van der Waals surface area contributed by atoms with E-state index in [0.717, 1.165) is 24.0 Å². The highest BCUT2D eigenvalue weighted by atomic mass is 16.2. The number of carbonyl (C=O) groups excluding carboxylic acids is 1. The predicted octanol–water partition coefficient (Wildman–Crippen LogP) is 2.34. The first kappa shape index (κ1) is 15.9. The molecule has 1 amide bonds. The molecule has 0 aromatic rings. The quantitative estimate of drug-likeness (QED) is 0.554. The number of amides is 1. The molecule has 0 radical (unpaired) electrons. The zero-order chi connectivity index (χ0) is 15.5. The number of nitrogens with zero attached hydrogens (tertiary/aromatic N) is 1. The second-order valence-electron chi connectivity index (χ2n) is 7.52. The van der Waals surface area contributed by atoms with Gasteiger partial charge in [-0.05, 0) is 57.3 Å². The highest BCUT2D eigenvalue weighted by molar-refractivity contribution is 5.87. The molecule has 0 aromatic carbocycles. The van der Waals surface area contributed by atoms with Crippen molar-refractivity contribution >= 4 is 11.6 Å². The van der Waals surface area contributed by atoms with Gasteiger partial charge in [-0.3, -0.25) is 10.2 Å². The van der Waals surface area contributed by atoms with E-state index in [4.69, 9.17) is 0 Å². The van der Waals surface area contributed by atoms with Gasteiger partial charge >= 0.3 is 0 Å². The molecule has 0 spiro atoms. The molecule has 5 unspecified atom stereocenters. The molecule has 0 bridgehead atoms. The number of hydrogen-bond acceptors (Lipinski definition) is 4. The van der Waals surface area contributed by atoms with Gasteiger partial charge in [0.1, 0.15) is 6.04 Å². The van der Waals surface area contributed by atoms with Crippen molar-refractivity contribution < 1.29 is 4.79 Å². The van der Waals surface area contributed by atoms with Gasteiger partial charge < -0.3 is 0 Å². The SMILES string of the molecule is C/C(=N\NC(=O)C1CC(C)NN1)C1CCC2CCCCC2C1. The standard InChI is InChI=1S/C17H30N4O/c1-11-9-16(20-18-11)17(22)21-19-12(2)14-8-7-13-5-3-4-6-15(13)10-14/h11,13-16,18,20H,3-10H2,1-2H3,(H,21,22)/b19-12+. The second kappa shape index (κ2) is 7.09. The number of carbonyl (C=O) groups is 1. The maximum Gasteiger partial charge on any atom is 0.258 e. The van der Waals surface area contributed by atoms with Gasteiger partial charge in [-0.15, -0.1) is 0 Å². The van der Waals surface area contributed by atoms with E-state index in [-0.39, 0.29) is 11.9 Å². The van der Waals surface area contributed by atoms with Gasteiger partial charge in [-0.25, -0.2) is 10.9 Å². The van der Waals surface area contributed by atoms with Crippen LogP contribution in [0.5, 0.6) is 0 Å². The maximum atomic E-state index is 12.1. The van der Waals surface area contributed by atoms with Crippen LogP contribution in [0.4, 0.5) is 0 Å². The van der Waals surface area contributed by atoms with Gasteiger partial charge in [0.05, 0.1) is 0 Å². The number of rotatable bonds is 3. The smallest absolute Gasteiger partial charge is 0.258 e. The molecule has 3 fully saturated rings. The summed E-state index contributed by atoms with van der Waals surface area (Å²) in [5.74, 6) is 2.40. The van der Waals surface area contributed by atoms with Crippen molar-refractivity contribution in [1.82, 2.24) is 16.3 Å². The van der Waals surface area contributed by atoms with Gasteiger partial charge in [0.25, 0.3) is 5.91 Å². The summed E-state index contributed by atoms with van der Waals surface area (Å²) in [6.45, 7) is 4.15. The van der Waals surface area contributed by atoms with Gasteiger partial charge in [0, 0.05) is 11.8 Å². The maximum absolute atomic E-state index is 12.1. The molecule has 124 valence electrons. The fourth-order valence-electron chi connectivity index (χ4n) is 4.45. The minimum absolute atomic E-state index is 0.0254. The van der Waals surface area contributed by atoms with Crippen LogP contribution in [0, 0.1) is 17.8 Å². The van der Waals surface area contributed by atoms with Gasteiger partial charge in [0.2, 0.25) is 0 Å². The van der Waals surface area contributed by atoms with Crippen LogP contribution in [-0.2, 0) is 4.79 Å². The summed E-state index contributed by atoms with van der Waals surface area (Å²) in [6, 6.07) is 0.169. The van der Waals surface area contributed by atoms with Crippen LogP contribution < -0.4 is 16.3 Å². The molecule has 1 saturated heterocycles. The molecular weight excluding hydrogens is 276 g/mol. The van der Waals surface area contributed by atoms with Crippen LogP contribution in [-0.4, -0.2) is 23.7 Å². The van der Waals surface area contributed by atoms with Crippen molar-refractivity contribution in [3.63, 3.8) is 0 Å². The highest BCUT2D eigenvalue weighted by Crippen LogP contribution is 2.42. The van der Waals surface area contributed by atoms with Crippen molar-refractivity contribution in [2.24, 2.45) is 22.9 Å². The number of nitrogens with one attached hydrogen (secondary N) is 3. The van der Waals surface area contributed by atoms with Crippen LogP contribution >= 0.6 is 0 Å². The molecule has 3 N–H and O–H groups in total. The minimum atomic E-state index is -0.166. The Bertz CT molecular complexity index is 436. The molecule has 3 rings (SSSR count). The van der Waals surface area contributed by atoms with E-state index in [1.165, 1.54) is 44.9 Å². The first-order valence-corrected chi connectivity index (χ1v) is 8.98. The third-order valence-corrected chi connectivity index (χ3v) is 5.88. The summed E-state index contributed by atoms with van der Waals surface area (Å²) in [6.07, 6.45) is 10.3. The molecular formula is C17H30N4O. The highest BCUT2D eigenvalue weighted by Gasteiger charge is 2.33. The molecule has 2 saturated carbocycles. The fraction of sp³-hybridized carbons (Fsp3) is 0.882. The Balaban J connectivity index is 1.50. The Labute approximate surface area is 133 Å². The van der Waals surface area contributed by atoms with Crippen LogP contribution in [0.15, 0.2) is 5.10 Å². The van der Waals surface area contributed by atoms with Crippen molar-refractivity contribution in [3.8, 4) is 0 Å². The van der Waals surface area contributed by atoms with E-state index in [1.54, 1.807) is 0 Å². The molecule has 5 nitrogen and oxygen atoms in total. The van der Waals surface area contributed by atoms with E-state index < -0.39 is 0 Å². The van der Waals surface area contributed by atoms with Crippen LogP contribution in [0.25, 0.3) is 0 Å². The summed E-state index contributed by atoms with van der Waals surface area (Å²) >= 11 is 0. The Kier molecular flexibility index (Phi) is 5.14. The summed E-state index contributed by atoms with van der Waals surface area (Å²) in [5.41, 5.74) is 9.96. The summed E-state index contributed by atoms with van der Waals surface area (Å²) in [5, 5.41) is 4.40. The number of fused-ring (bicyclic) bond motifs is 1. The topological polar surface area (TPSA) is 65.5 Å². The third kappa shape index (κ3) is 3.69. The molecule has 5 atom stereocenters. The zero-order valence-electron chi connectivity index (χ0n) is 13.9. The second-order valence-corrected chi connectivity index (χ2v) is 7.52. The Morgan fingerprint density at radius 1 is 1.05 bits per heavy atom. The predicted molar refractivity (Wildman–Crippen MR) is 88.2 cm³/mol. The first-order valence-electron chi connectivity index (χ1n) is 8.98. The molecule has 1 aliphatic heterocycles. The number of hydrazone groups is 1. The first-order chi connectivity index (χ1) is 10.6. The average molecular weight is 306 g/mol. The van der Waals surface area contributed by atoms with Crippen LogP contribution in [0.2, 0.25) is 0 Å². The zero-order valence-corrected chi connectivity index (χ0v) is 13.9.